The van der Waals surface area contributed by atoms with Gasteiger partial charge in [-0.1, -0.05) is 28.1 Å². The van der Waals surface area contributed by atoms with Gasteiger partial charge >= 0.3 is 11.9 Å². The monoisotopic (exact) mass is 420 g/mol. The third kappa shape index (κ3) is 3.89. The van der Waals surface area contributed by atoms with Crippen molar-refractivity contribution in [2.75, 3.05) is 13.2 Å². The number of hydrogen-bond donors (Lipinski definition) is 1. The van der Waals surface area contributed by atoms with Gasteiger partial charge in [-0.15, -0.1) is 0 Å². The van der Waals surface area contributed by atoms with Gasteiger partial charge in [0.15, 0.2) is 0 Å². The van der Waals surface area contributed by atoms with Crippen molar-refractivity contribution in [3.05, 3.63) is 57.1 Å². The van der Waals surface area contributed by atoms with Crippen molar-refractivity contribution in [2.24, 2.45) is 5.73 Å². The summed E-state index contributed by atoms with van der Waals surface area (Å²) in [7, 11) is 0. The fraction of sp³-hybridized carbons (Fsp3) is 0.278. The lowest BCUT2D eigenvalue weighted by atomic mass is 9.83. The summed E-state index contributed by atoms with van der Waals surface area (Å²) in [5, 5.41) is 9.55. The maximum Gasteiger partial charge on any atom is 0.374 e. The zero-order chi connectivity index (χ0) is 19.3. The van der Waals surface area contributed by atoms with Gasteiger partial charge in [0.1, 0.15) is 17.2 Å². The maximum atomic E-state index is 12.6. The SMILES string of the molecule is CCOC(=O)C1=C(C(=O)OCC)[C@@H](c2cccc(Br)c2)C(C#N)=C(N)O1. The fourth-order valence-corrected chi connectivity index (χ4v) is 2.96. The number of halogens is 1. The molecule has 136 valence electrons. The molecule has 0 bridgehead atoms. The van der Waals surface area contributed by atoms with Crippen molar-refractivity contribution in [1.29, 1.82) is 5.26 Å². The Hall–Kier alpha value is -2.79. The molecule has 1 aromatic carbocycles. The van der Waals surface area contributed by atoms with Crippen LogP contribution in [-0.4, -0.2) is 25.2 Å². The smallest absolute Gasteiger partial charge is 0.374 e. The summed E-state index contributed by atoms with van der Waals surface area (Å²) in [6, 6.07) is 8.94. The van der Waals surface area contributed by atoms with Crippen LogP contribution in [0.15, 0.2) is 51.5 Å². The number of benzene rings is 1. The van der Waals surface area contributed by atoms with Crippen LogP contribution < -0.4 is 5.73 Å². The van der Waals surface area contributed by atoms with Gasteiger partial charge in [0.25, 0.3) is 0 Å². The van der Waals surface area contributed by atoms with Crippen LogP contribution in [0.3, 0.4) is 0 Å². The Balaban J connectivity index is 2.72. The van der Waals surface area contributed by atoms with Crippen molar-refractivity contribution < 1.29 is 23.8 Å². The quantitative estimate of drug-likeness (QED) is 0.728. The van der Waals surface area contributed by atoms with Gasteiger partial charge < -0.3 is 19.9 Å². The number of carbonyl (C=O) groups excluding carboxylic acids is 2. The molecule has 26 heavy (non-hydrogen) atoms. The molecule has 1 heterocycles. The molecule has 7 nitrogen and oxygen atoms in total. The van der Waals surface area contributed by atoms with E-state index in [1.807, 2.05) is 6.07 Å². The summed E-state index contributed by atoms with van der Waals surface area (Å²) in [6.45, 7) is 3.43. The lowest BCUT2D eigenvalue weighted by Gasteiger charge is -2.27. The molecule has 0 aromatic heterocycles. The predicted molar refractivity (Wildman–Crippen MR) is 95.1 cm³/mol. The van der Waals surface area contributed by atoms with E-state index in [0.717, 1.165) is 4.47 Å². The van der Waals surface area contributed by atoms with E-state index < -0.39 is 17.9 Å². The Morgan fingerprint density at radius 2 is 1.92 bits per heavy atom. The third-order valence-electron chi connectivity index (χ3n) is 3.56. The molecule has 0 amide bonds. The molecule has 1 atom stereocenters. The molecule has 1 aliphatic rings. The van der Waals surface area contributed by atoms with Crippen LogP contribution in [0.25, 0.3) is 0 Å². The minimum Gasteiger partial charge on any atom is -0.462 e. The Kier molecular flexibility index (Phi) is 6.41. The average Bonchev–Trinajstić information content (AvgIpc) is 2.61. The molecular weight excluding hydrogens is 404 g/mol. The third-order valence-corrected chi connectivity index (χ3v) is 4.05. The van der Waals surface area contributed by atoms with Crippen molar-refractivity contribution in [2.45, 2.75) is 19.8 Å². The number of nitriles is 1. The van der Waals surface area contributed by atoms with E-state index in [4.69, 9.17) is 19.9 Å². The Labute approximate surface area is 159 Å². The maximum absolute atomic E-state index is 12.6. The van der Waals surface area contributed by atoms with Gasteiger partial charge in [0.2, 0.25) is 11.6 Å². The highest BCUT2D eigenvalue weighted by Crippen LogP contribution is 2.40. The van der Waals surface area contributed by atoms with Gasteiger partial charge in [-0.25, -0.2) is 9.59 Å². The van der Waals surface area contributed by atoms with E-state index in [2.05, 4.69) is 15.9 Å². The zero-order valence-electron chi connectivity index (χ0n) is 14.2. The highest BCUT2D eigenvalue weighted by atomic mass is 79.9. The van der Waals surface area contributed by atoms with Crippen LogP contribution >= 0.6 is 15.9 Å². The first-order valence-electron chi connectivity index (χ1n) is 7.85. The van der Waals surface area contributed by atoms with Gasteiger partial charge in [-0.05, 0) is 31.5 Å². The summed E-state index contributed by atoms with van der Waals surface area (Å²) in [6.07, 6.45) is 0. The molecule has 0 saturated heterocycles. The first kappa shape index (κ1) is 19.5. The molecule has 0 aliphatic carbocycles. The fourth-order valence-electron chi connectivity index (χ4n) is 2.54. The van der Waals surface area contributed by atoms with E-state index in [1.165, 1.54) is 0 Å². The molecule has 0 radical (unpaired) electrons. The number of nitrogens with two attached hydrogens (primary N) is 1. The van der Waals surface area contributed by atoms with Crippen LogP contribution in [-0.2, 0) is 23.8 Å². The Bertz CT molecular complexity index is 838. The van der Waals surface area contributed by atoms with E-state index in [1.54, 1.807) is 38.1 Å². The molecule has 1 aromatic rings. The number of nitrogens with zero attached hydrogens (tertiary/aromatic N) is 1. The summed E-state index contributed by atoms with van der Waals surface area (Å²) in [5.41, 5.74) is 6.32. The largest absolute Gasteiger partial charge is 0.462 e. The van der Waals surface area contributed by atoms with E-state index in [-0.39, 0.29) is 36.0 Å². The molecular formula is C18H17BrN2O5. The molecule has 8 heteroatoms. The Morgan fingerprint density at radius 1 is 1.27 bits per heavy atom. The number of hydrogen-bond acceptors (Lipinski definition) is 7. The van der Waals surface area contributed by atoms with Crippen molar-refractivity contribution in [1.82, 2.24) is 0 Å². The van der Waals surface area contributed by atoms with Crippen LogP contribution in [0.2, 0.25) is 0 Å². The molecule has 2 rings (SSSR count). The van der Waals surface area contributed by atoms with Crippen molar-refractivity contribution >= 4 is 27.9 Å². The standard InChI is InChI=1S/C18H17BrN2O5/c1-3-24-17(22)14-13(10-6-5-7-11(19)8-10)12(9-20)16(21)26-15(14)18(23)25-4-2/h5-8,13H,3-4,21H2,1-2H3/t13-/m0/s1. The van der Waals surface area contributed by atoms with Gasteiger partial charge in [0, 0.05) is 4.47 Å². The Morgan fingerprint density at radius 3 is 2.50 bits per heavy atom. The van der Waals surface area contributed by atoms with Gasteiger partial charge in [-0.3, -0.25) is 0 Å². The number of allylic oxidation sites excluding steroid dienone is 1. The first-order valence-corrected chi connectivity index (χ1v) is 8.65. The molecule has 0 fully saturated rings. The van der Waals surface area contributed by atoms with Crippen LogP contribution in [0, 0.1) is 11.3 Å². The molecule has 0 spiro atoms. The number of rotatable bonds is 5. The number of esters is 2. The summed E-state index contributed by atoms with van der Waals surface area (Å²) < 4.78 is 16.1. The van der Waals surface area contributed by atoms with E-state index >= 15 is 0 Å². The molecule has 0 unspecified atom stereocenters. The highest BCUT2D eigenvalue weighted by Gasteiger charge is 2.40. The van der Waals surface area contributed by atoms with Gasteiger partial charge in [-0.2, -0.15) is 5.26 Å². The normalized spacial score (nSPS) is 16.6. The van der Waals surface area contributed by atoms with E-state index in [9.17, 15) is 14.9 Å². The molecule has 2 N–H and O–H groups in total. The first-order chi connectivity index (χ1) is 12.4. The lowest BCUT2D eigenvalue weighted by Crippen LogP contribution is -2.29. The highest BCUT2D eigenvalue weighted by molar-refractivity contribution is 9.10. The van der Waals surface area contributed by atoms with Crippen LogP contribution in [0.4, 0.5) is 0 Å². The van der Waals surface area contributed by atoms with E-state index in [0.29, 0.717) is 5.56 Å². The predicted octanol–water partition coefficient (Wildman–Crippen LogP) is 2.64. The summed E-state index contributed by atoms with van der Waals surface area (Å²) in [4.78, 5) is 24.9. The molecule has 0 saturated carbocycles. The van der Waals surface area contributed by atoms with Crippen molar-refractivity contribution in [3.8, 4) is 6.07 Å². The second-order valence-electron chi connectivity index (χ2n) is 5.16. The average molecular weight is 421 g/mol. The minimum atomic E-state index is -0.912. The number of carbonyl (C=O) groups is 2. The van der Waals surface area contributed by atoms with Crippen LogP contribution in [0.5, 0.6) is 0 Å². The molecule has 1 aliphatic heterocycles. The second kappa shape index (κ2) is 8.54. The van der Waals surface area contributed by atoms with Crippen LogP contribution in [0.1, 0.15) is 25.3 Å². The number of ether oxygens (including phenoxy) is 3. The van der Waals surface area contributed by atoms with Gasteiger partial charge in [0.05, 0.1) is 19.1 Å². The topological polar surface area (TPSA) is 112 Å². The van der Waals surface area contributed by atoms with Crippen molar-refractivity contribution in [3.63, 3.8) is 0 Å². The zero-order valence-corrected chi connectivity index (χ0v) is 15.8. The summed E-state index contributed by atoms with van der Waals surface area (Å²) in [5.74, 6) is -3.17. The summed E-state index contributed by atoms with van der Waals surface area (Å²) >= 11 is 3.36. The lowest BCUT2D eigenvalue weighted by molar-refractivity contribution is -0.145. The minimum absolute atomic E-state index is 0.0131. The second-order valence-corrected chi connectivity index (χ2v) is 6.08.